The van der Waals surface area contributed by atoms with Crippen molar-refractivity contribution in [1.29, 1.82) is 0 Å². The molecule has 0 aliphatic heterocycles. The lowest BCUT2D eigenvalue weighted by molar-refractivity contribution is -0.104. The first-order chi connectivity index (χ1) is 6.08. The summed E-state index contributed by atoms with van der Waals surface area (Å²) in [6.07, 6.45) is 1.13. The van der Waals surface area contributed by atoms with Gasteiger partial charge in [0.2, 0.25) is 0 Å². The molecule has 4 heteroatoms. The molecule has 0 amide bonds. The maximum absolute atomic E-state index is 12.5. The molecule has 1 aliphatic rings. The summed E-state index contributed by atoms with van der Waals surface area (Å²) in [5.74, 6) is -2.57. The van der Waals surface area contributed by atoms with Gasteiger partial charge >= 0.3 is 0 Å². The number of aromatic nitrogens is 1. The summed E-state index contributed by atoms with van der Waals surface area (Å²) >= 11 is 0. The van der Waals surface area contributed by atoms with Crippen molar-refractivity contribution in [2.75, 3.05) is 0 Å². The first-order valence-corrected chi connectivity index (χ1v) is 4.13. The molecule has 2 nitrogen and oxygen atoms in total. The Labute approximate surface area is 73.8 Å². The molecule has 0 spiro atoms. The number of halogens is 2. The first kappa shape index (κ1) is 8.41. The van der Waals surface area contributed by atoms with Gasteiger partial charge in [0.15, 0.2) is 0 Å². The SMILES string of the molecule is O=c1ccccn1C1CC(F)(F)C1. The minimum absolute atomic E-state index is 0.206. The molecule has 70 valence electrons. The molecular formula is C9H9F2NO. The Morgan fingerprint density at radius 2 is 2.08 bits per heavy atom. The lowest BCUT2D eigenvalue weighted by Crippen LogP contribution is -2.40. The first-order valence-electron chi connectivity index (χ1n) is 4.13. The van der Waals surface area contributed by atoms with Crippen LogP contribution in [0.4, 0.5) is 8.78 Å². The molecule has 1 aromatic heterocycles. The van der Waals surface area contributed by atoms with Crippen LogP contribution in [-0.4, -0.2) is 10.5 Å². The van der Waals surface area contributed by atoms with Crippen molar-refractivity contribution in [2.24, 2.45) is 0 Å². The third-order valence-electron chi connectivity index (χ3n) is 2.31. The smallest absolute Gasteiger partial charge is 0.252 e. The van der Waals surface area contributed by atoms with Gasteiger partial charge in [0.25, 0.3) is 11.5 Å². The molecule has 0 aromatic carbocycles. The van der Waals surface area contributed by atoms with Crippen LogP contribution < -0.4 is 5.56 Å². The van der Waals surface area contributed by atoms with Gasteiger partial charge in [-0.1, -0.05) is 6.07 Å². The molecule has 0 atom stereocenters. The van der Waals surface area contributed by atoms with Crippen LogP contribution in [0, 0.1) is 0 Å². The van der Waals surface area contributed by atoms with E-state index in [1.54, 1.807) is 18.3 Å². The highest BCUT2D eigenvalue weighted by Crippen LogP contribution is 2.44. The number of hydrogen-bond donors (Lipinski definition) is 0. The average molecular weight is 185 g/mol. The van der Waals surface area contributed by atoms with Crippen LogP contribution >= 0.6 is 0 Å². The van der Waals surface area contributed by atoms with Crippen LogP contribution in [0.1, 0.15) is 18.9 Å². The number of hydrogen-bond acceptors (Lipinski definition) is 1. The van der Waals surface area contributed by atoms with Crippen LogP contribution in [0.5, 0.6) is 0 Å². The molecule has 2 rings (SSSR count). The lowest BCUT2D eigenvalue weighted by Gasteiger charge is -2.35. The van der Waals surface area contributed by atoms with Gasteiger partial charge in [-0.25, -0.2) is 8.78 Å². The van der Waals surface area contributed by atoms with E-state index in [0.717, 1.165) is 0 Å². The van der Waals surface area contributed by atoms with Gasteiger partial charge in [-0.05, 0) is 6.07 Å². The van der Waals surface area contributed by atoms with Gasteiger partial charge in [0.1, 0.15) is 0 Å². The molecule has 1 fully saturated rings. The number of alkyl halides is 2. The van der Waals surface area contributed by atoms with E-state index in [0.29, 0.717) is 0 Å². The van der Waals surface area contributed by atoms with Crippen LogP contribution in [0.3, 0.4) is 0 Å². The second kappa shape index (κ2) is 2.65. The van der Waals surface area contributed by atoms with E-state index >= 15 is 0 Å². The Bertz CT molecular complexity index is 364. The van der Waals surface area contributed by atoms with E-state index in [2.05, 4.69) is 0 Å². The fourth-order valence-corrected chi connectivity index (χ4v) is 1.57. The van der Waals surface area contributed by atoms with E-state index in [1.807, 2.05) is 0 Å². The topological polar surface area (TPSA) is 22.0 Å². The maximum atomic E-state index is 12.5. The van der Waals surface area contributed by atoms with E-state index in [9.17, 15) is 13.6 Å². The minimum Gasteiger partial charge on any atom is -0.312 e. The second-order valence-electron chi connectivity index (χ2n) is 3.36. The monoisotopic (exact) mass is 185 g/mol. The van der Waals surface area contributed by atoms with Gasteiger partial charge in [-0.3, -0.25) is 4.79 Å². The van der Waals surface area contributed by atoms with Crippen molar-refractivity contribution in [3.05, 3.63) is 34.7 Å². The summed E-state index contributed by atoms with van der Waals surface area (Å²) in [6, 6.07) is 4.35. The Balaban J connectivity index is 2.21. The Morgan fingerprint density at radius 1 is 1.38 bits per heavy atom. The van der Waals surface area contributed by atoms with Gasteiger partial charge in [-0.15, -0.1) is 0 Å². The fourth-order valence-electron chi connectivity index (χ4n) is 1.57. The second-order valence-corrected chi connectivity index (χ2v) is 3.36. The summed E-state index contributed by atoms with van der Waals surface area (Å²) in [5.41, 5.74) is -0.206. The van der Waals surface area contributed by atoms with Crippen molar-refractivity contribution in [3.8, 4) is 0 Å². The summed E-state index contributed by atoms with van der Waals surface area (Å²) in [5, 5.41) is 0. The van der Waals surface area contributed by atoms with Crippen LogP contribution in [0.15, 0.2) is 29.2 Å². The molecule has 1 aliphatic carbocycles. The highest BCUT2D eigenvalue weighted by Gasteiger charge is 2.46. The molecule has 0 saturated heterocycles. The summed E-state index contributed by atoms with van der Waals surface area (Å²) in [7, 11) is 0. The predicted octanol–water partition coefficient (Wildman–Crippen LogP) is 1.82. The summed E-state index contributed by atoms with van der Waals surface area (Å²) < 4.78 is 26.4. The van der Waals surface area contributed by atoms with Gasteiger partial charge in [-0.2, -0.15) is 0 Å². The van der Waals surface area contributed by atoms with E-state index in [-0.39, 0.29) is 24.4 Å². The van der Waals surface area contributed by atoms with Crippen molar-refractivity contribution >= 4 is 0 Å². The van der Waals surface area contributed by atoms with E-state index in [1.165, 1.54) is 10.6 Å². The number of nitrogens with zero attached hydrogens (tertiary/aromatic N) is 1. The van der Waals surface area contributed by atoms with Crippen LogP contribution in [-0.2, 0) is 0 Å². The normalized spacial score (nSPS) is 21.1. The highest BCUT2D eigenvalue weighted by molar-refractivity contribution is 4.99. The van der Waals surface area contributed by atoms with Crippen LogP contribution in [0.2, 0.25) is 0 Å². The molecule has 1 saturated carbocycles. The zero-order chi connectivity index (χ0) is 9.47. The third-order valence-corrected chi connectivity index (χ3v) is 2.31. The Morgan fingerprint density at radius 3 is 2.62 bits per heavy atom. The third kappa shape index (κ3) is 1.48. The zero-order valence-corrected chi connectivity index (χ0v) is 6.91. The van der Waals surface area contributed by atoms with Crippen molar-refractivity contribution < 1.29 is 8.78 Å². The quantitative estimate of drug-likeness (QED) is 0.654. The maximum Gasteiger partial charge on any atom is 0.252 e. The van der Waals surface area contributed by atoms with Crippen molar-refractivity contribution in [2.45, 2.75) is 24.8 Å². The lowest BCUT2D eigenvalue weighted by atomic mass is 9.88. The highest BCUT2D eigenvalue weighted by atomic mass is 19.3. The standard InChI is InChI=1S/C9H9F2NO/c10-9(11)5-7(6-9)12-4-2-1-3-8(12)13/h1-4,7H,5-6H2. The van der Waals surface area contributed by atoms with Gasteiger partial charge in [0, 0.05) is 31.1 Å². The summed E-state index contributed by atoms with van der Waals surface area (Å²) in [4.78, 5) is 11.2. The molecule has 0 unspecified atom stereocenters. The Kier molecular flexibility index (Phi) is 1.71. The molecule has 13 heavy (non-hydrogen) atoms. The minimum atomic E-state index is -2.57. The van der Waals surface area contributed by atoms with Crippen molar-refractivity contribution in [1.82, 2.24) is 4.57 Å². The zero-order valence-electron chi connectivity index (χ0n) is 6.91. The molecule has 1 aromatic rings. The van der Waals surface area contributed by atoms with E-state index in [4.69, 9.17) is 0 Å². The Hall–Kier alpha value is -1.19. The summed E-state index contributed by atoms with van der Waals surface area (Å²) in [6.45, 7) is 0. The number of rotatable bonds is 1. The van der Waals surface area contributed by atoms with Crippen LogP contribution in [0.25, 0.3) is 0 Å². The average Bonchev–Trinajstić information content (AvgIpc) is 2.01. The molecular weight excluding hydrogens is 176 g/mol. The fraction of sp³-hybridized carbons (Fsp3) is 0.444. The molecule has 0 N–H and O–H groups in total. The van der Waals surface area contributed by atoms with Gasteiger partial charge < -0.3 is 4.57 Å². The molecule has 1 heterocycles. The van der Waals surface area contributed by atoms with Gasteiger partial charge in [0.05, 0.1) is 0 Å². The molecule has 0 radical (unpaired) electrons. The predicted molar refractivity (Wildman–Crippen MR) is 43.9 cm³/mol. The largest absolute Gasteiger partial charge is 0.312 e. The van der Waals surface area contributed by atoms with E-state index < -0.39 is 5.92 Å². The molecule has 0 bridgehead atoms. The number of pyridine rings is 1. The van der Waals surface area contributed by atoms with Crippen molar-refractivity contribution in [3.63, 3.8) is 0 Å².